The van der Waals surface area contributed by atoms with Crippen LogP contribution in [0, 0.1) is 0 Å². The first-order chi connectivity index (χ1) is 13.1. The number of aromatic hydroxyl groups is 1. The van der Waals surface area contributed by atoms with Crippen LogP contribution in [0.2, 0.25) is 0 Å². The van der Waals surface area contributed by atoms with Gasteiger partial charge in [0, 0.05) is 19.7 Å². The number of hydrogen-bond donors (Lipinski definition) is 3. The SMILES string of the molecule is COCCc1ccc(OCC(O)CNC2CCc3ccc(O)cc3C2)cc1.Cl. The minimum atomic E-state index is -0.566. The topological polar surface area (TPSA) is 71.0 Å². The largest absolute Gasteiger partial charge is 0.508 e. The van der Waals surface area contributed by atoms with Crippen molar-refractivity contribution in [1.29, 1.82) is 0 Å². The van der Waals surface area contributed by atoms with Crippen LogP contribution in [0.4, 0.5) is 0 Å². The fourth-order valence-corrected chi connectivity index (χ4v) is 3.44. The monoisotopic (exact) mass is 407 g/mol. The molecule has 0 spiro atoms. The van der Waals surface area contributed by atoms with Crippen LogP contribution >= 0.6 is 12.4 Å². The number of phenols is 1. The molecule has 0 bridgehead atoms. The fourth-order valence-electron chi connectivity index (χ4n) is 3.44. The molecule has 2 unspecified atom stereocenters. The van der Waals surface area contributed by atoms with Gasteiger partial charge in [-0.05, 0) is 66.6 Å². The number of benzene rings is 2. The Balaban J connectivity index is 0.00000280. The highest BCUT2D eigenvalue weighted by Crippen LogP contribution is 2.25. The van der Waals surface area contributed by atoms with Crippen molar-refractivity contribution >= 4 is 12.4 Å². The van der Waals surface area contributed by atoms with Gasteiger partial charge in [0.05, 0.1) is 6.61 Å². The average molecular weight is 408 g/mol. The first-order valence-electron chi connectivity index (χ1n) is 9.57. The van der Waals surface area contributed by atoms with E-state index in [-0.39, 0.29) is 19.0 Å². The van der Waals surface area contributed by atoms with Gasteiger partial charge < -0.3 is 25.0 Å². The van der Waals surface area contributed by atoms with E-state index < -0.39 is 6.10 Å². The van der Waals surface area contributed by atoms with Gasteiger partial charge in [0.1, 0.15) is 24.2 Å². The van der Waals surface area contributed by atoms with E-state index in [1.165, 1.54) is 16.7 Å². The molecule has 0 aliphatic heterocycles. The van der Waals surface area contributed by atoms with E-state index >= 15 is 0 Å². The predicted octanol–water partition coefficient (Wildman–Crippen LogP) is 2.89. The number of methoxy groups -OCH3 is 1. The Labute approximate surface area is 173 Å². The summed E-state index contributed by atoms with van der Waals surface area (Å²) in [5.41, 5.74) is 3.71. The number of nitrogens with one attached hydrogen (secondary N) is 1. The van der Waals surface area contributed by atoms with Gasteiger partial charge in [-0.25, -0.2) is 0 Å². The predicted molar refractivity (Wildman–Crippen MR) is 113 cm³/mol. The van der Waals surface area contributed by atoms with Crippen LogP contribution in [-0.2, 0) is 24.0 Å². The smallest absolute Gasteiger partial charge is 0.119 e. The second-order valence-electron chi connectivity index (χ2n) is 7.15. The molecule has 5 nitrogen and oxygen atoms in total. The van der Waals surface area contributed by atoms with Crippen molar-refractivity contribution < 1.29 is 19.7 Å². The number of halogens is 1. The number of aliphatic hydroxyl groups excluding tert-OH is 1. The molecule has 2 atom stereocenters. The Morgan fingerprint density at radius 1 is 1.14 bits per heavy atom. The zero-order chi connectivity index (χ0) is 19.1. The molecule has 28 heavy (non-hydrogen) atoms. The lowest BCUT2D eigenvalue weighted by Gasteiger charge is -2.26. The highest BCUT2D eigenvalue weighted by molar-refractivity contribution is 5.85. The van der Waals surface area contributed by atoms with Gasteiger partial charge in [0.2, 0.25) is 0 Å². The maximum atomic E-state index is 10.2. The summed E-state index contributed by atoms with van der Waals surface area (Å²) in [6, 6.07) is 13.8. The third-order valence-electron chi connectivity index (χ3n) is 5.02. The molecule has 0 saturated heterocycles. The van der Waals surface area contributed by atoms with Crippen LogP contribution in [0.15, 0.2) is 42.5 Å². The molecule has 0 fully saturated rings. The molecule has 0 heterocycles. The highest BCUT2D eigenvalue weighted by Gasteiger charge is 2.19. The van der Waals surface area contributed by atoms with Gasteiger partial charge in [-0.1, -0.05) is 18.2 Å². The lowest BCUT2D eigenvalue weighted by atomic mass is 9.88. The zero-order valence-corrected chi connectivity index (χ0v) is 17.1. The van der Waals surface area contributed by atoms with E-state index in [0.29, 0.717) is 24.9 Å². The summed E-state index contributed by atoms with van der Waals surface area (Å²) in [6.07, 6.45) is 3.22. The molecule has 0 radical (unpaired) electrons. The molecular formula is C22H30ClNO4. The number of aryl methyl sites for hydroxylation is 1. The van der Waals surface area contributed by atoms with Crippen molar-refractivity contribution in [3.8, 4) is 11.5 Å². The summed E-state index contributed by atoms with van der Waals surface area (Å²) in [4.78, 5) is 0. The van der Waals surface area contributed by atoms with E-state index in [4.69, 9.17) is 9.47 Å². The van der Waals surface area contributed by atoms with E-state index in [1.54, 1.807) is 13.2 Å². The van der Waals surface area contributed by atoms with Crippen LogP contribution < -0.4 is 10.1 Å². The molecule has 0 amide bonds. The van der Waals surface area contributed by atoms with Gasteiger partial charge in [0.25, 0.3) is 0 Å². The number of phenolic OH excluding ortho intramolecular Hbond substituents is 1. The summed E-state index contributed by atoms with van der Waals surface area (Å²) in [6.45, 7) is 1.45. The number of hydrogen-bond acceptors (Lipinski definition) is 5. The Morgan fingerprint density at radius 3 is 2.68 bits per heavy atom. The highest BCUT2D eigenvalue weighted by atomic mass is 35.5. The Morgan fingerprint density at radius 2 is 1.93 bits per heavy atom. The van der Waals surface area contributed by atoms with Crippen LogP contribution in [-0.4, -0.2) is 49.2 Å². The van der Waals surface area contributed by atoms with Gasteiger partial charge in [-0.2, -0.15) is 0 Å². The molecule has 3 N–H and O–H groups in total. The minimum absolute atomic E-state index is 0. The van der Waals surface area contributed by atoms with Crippen molar-refractivity contribution in [3.63, 3.8) is 0 Å². The van der Waals surface area contributed by atoms with Crippen LogP contribution in [0.1, 0.15) is 23.1 Å². The van der Waals surface area contributed by atoms with Crippen molar-refractivity contribution in [2.45, 2.75) is 37.8 Å². The molecule has 1 aliphatic rings. The molecule has 154 valence electrons. The van der Waals surface area contributed by atoms with Gasteiger partial charge >= 0.3 is 0 Å². The van der Waals surface area contributed by atoms with Gasteiger partial charge in [-0.15, -0.1) is 12.4 Å². The van der Waals surface area contributed by atoms with Gasteiger partial charge in [-0.3, -0.25) is 0 Å². The number of ether oxygens (including phenoxy) is 2. The average Bonchev–Trinajstić information content (AvgIpc) is 2.69. The summed E-state index contributed by atoms with van der Waals surface area (Å²) < 4.78 is 10.8. The van der Waals surface area contributed by atoms with Crippen molar-refractivity contribution in [1.82, 2.24) is 5.32 Å². The number of aliphatic hydroxyl groups is 1. The zero-order valence-electron chi connectivity index (χ0n) is 16.3. The molecule has 0 aromatic heterocycles. The summed E-state index contributed by atoms with van der Waals surface area (Å²) in [5.74, 6) is 1.08. The molecule has 2 aromatic carbocycles. The maximum Gasteiger partial charge on any atom is 0.119 e. The van der Waals surface area contributed by atoms with Crippen LogP contribution in [0.3, 0.4) is 0 Å². The van der Waals surface area contributed by atoms with Crippen LogP contribution in [0.5, 0.6) is 11.5 Å². The summed E-state index contributed by atoms with van der Waals surface area (Å²) in [7, 11) is 1.70. The molecule has 3 rings (SSSR count). The first-order valence-corrected chi connectivity index (χ1v) is 9.57. The normalized spacial score (nSPS) is 16.7. The summed E-state index contributed by atoms with van der Waals surface area (Å²) in [5, 5.41) is 23.3. The number of rotatable bonds is 9. The molecule has 6 heteroatoms. The molecule has 0 saturated carbocycles. The Kier molecular flexibility index (Phi) is 9.06. The van der Waals surface area contributed by atoms with E-state index in [2.05, 4.69) is 5.32 Å². The third kappa shape index (κ3) is 6.67. The second kappa shape index (κ2) is 11.3. The molecule has 2 aromatic rings. The first kappa shape index (κ1) is 22.5. The Bertz CT molecular complexity index is 723. The number of fused-ring (bicyclic) bond motifs is 1. The fraction of sp³-hybridized carbons (Fsp3) is 0.455. The molecular weight excluding hydrogens is 378 g/mol. The van der Waals surface area contributed by atoms with Crippen molar-refractivity contribution in [2.24, 2.45) is 0 Å². The quantitative estimate of drug-likeness (QED) is 0.596. The lowest BCUT2D eigenvalue weighted by molar-refractivity contribution is 0.103. The van der Waals surface area contributed by atoms with Gasteiger partial charge in [0.15, 0.2) is 0 Å². The van der Waals surface area contributed by atoms with E-state index in [1.807, 2.05) is 36.4 Å². The maximum absolute atomic E-state index is 10.2. The molecule has 1 aliphatic carbocycles. The second-order valence-corrected chi connectivity index (χ2v) is 7.15. The van der Waals surface area contributed by atoms with Crippen molar-refractivity contribution in [3.05, 3.63) is 59.2 Å². The van der Waals surface area contributed by atoms with Crippen LogP contribution in [0.25, 0.3) is 0 Å². The van der Waals surface area contributed by atoms with E-state index in [9.17, 15) is 10.2 Å². The van der Waals surface area contributed by atoms with E-state index in [0.717, 1.165) is 31.4 Å². The third-order valence-corrected chi connectivity index (χ3v) is 5.02. The Hall–Kier alpha value is -1.79. The minimum Gasteiger partial charge on any atom is -0.508 e. The standard InChI is InChI=1S/C22H29NO4.ClH/c1-26-11-10-16-2-8-22(9-3-16)27-15-21(25)14-23-19-6-4-17-5-7-20(24)13-18(17)12-19;/h2-3,5,7-9,13,19,21,23-25H,4,6,10-12,14-15H2,1H3;1H. The summed E-state index contributed by atoms with van der Waals surface area (Å²) >= 11 is 0. The van der Waals surface area contributed by atoms with Crippen molar-refractivity contribution in [2.75, 3.05) is 26.9 Å². The lowest BCUT2D eigenvalue weighted by Crippen LogP contribution is -2.40.